The molecule has 1 saturated heterocycles. The summed E-state index contributed by atoms with van der Waals surface area (Å²) in [6, 6.07) is 0.203. The molecule has 3 rings (SSSR count). The molecule has 2 aliphatic rings. The lowest BCUT2D eigenvalue weighted by molar-refractivity contribution is 0.0288. The Bertz CT molecular complexity index is 485. The van der Waals surface area contributed by atoms with Crippen LogP contribution in [0.2, 0.25) is 0 Å². The molecule has 3 unspecified atom stereocenters. The molecule has 1 aromatic heterocycles. The second-order valence-electron chi connectivity index (χ2n) is 6.13. The van der Waals surface area contributed by atoms with Crippen molar-refractivity contribution in [2.45, 2.75) is 50.7 Å². The van der Waals surface area contributed by atoms with Gasteiger partial charge in [-0.15, -0.1) is 0 Å². The molecular weight excluding hydrogens is 254 g/mol. The first-order valence-corrected chi connectivity index (χ1v) is 7.64. The predicted octanol–water partition coefficient (Wildman–Crippen LogP) is 1.58. The molecular formula is C15H23N3O2. The topological polar surface area (TPSA) is 58.4 Å². The third kappa shape index (κ3) is 2.46. The molecule has 0 spiro atoms. The van der Waals surface area contributed by atoms with Crippen molar-refractivity contribution < 1.29 is 9.90 Å². The lowest BCUT2D eigenvalue weighted by Crippen LogP contribution is -2.49. The molecule has 1 amide bonds. The van der Waals surface area contributed by atoms with Crippen LogP contribution in [0.3, 0.4) is 0 Å². The smallest absolute Gasteiger partial charge is 0.257 e. The molecule has 1 aromatic rings. The largest absolute Gasteiger partial charge is 0.393 e. The van der Waals surface area contributed by atoms with E-state index >= 15 is 0 Å². The highest BCUT2D eigenvalue weighted by molar-refractivity contribution is 5.94. The van der Waals surface area contributed by atoms with Crippen LogP contribution in [0.5, 0.6) is 0 Å². The third-order valence-electron chi connectivity index (χ3n) is 4.79. The molecule has 0 aromatic carbocycles. The van der Waals surface area contributed by atoms with Crippen molar-refractivity contribution in [1.82, 2.24) is 14.7 Å². The number of hydrogen-bond donors (Lipinski definition) is 1. The van der Waals surface area contributed by atoms with E-state index < -0.39 is 0 Å². The van der Waals surface area contributed by atoms with E-state index in [0.717, 1.165) is 45.1 Å². The summed E-state index contributed by atoms with van der Waals surface area (Å²) in [5.41, 5.74) is 0.659. The van der Waals surface area contributed by atoms with Gasteiger partial charge in [-0.2, -0.15) is 5.10 Å². The molecule has 5 heteroatoms. The van der Waals surface area contributed by atoms with E-state index in [9.17, 15) is 9.90 Å². The van der Waals surface area contributed by atoms with Gasteiger partial charge in [-0.25, -0.2) is 0 Å². The molecule has 1 N–H and O–H groups in total. The first-order valence-electron chi connectivity index (χ1n) is 7.64. The van der Waals surface area contributed by atoms with Crippen LogP contribution >= 0.6 is 0 Å². The zero-order valence-corrected chi connectivity index (χ0v) is 12.0. The average Bonchev–Trinajstić information content (AvgIpc) is 3.07. The number of aliphatic hydroxyl groups excluding tert-OH is 1. The SMILES string of the molecule is Cn1cc(C(=O)N2CCCCC2C2CCCC2O)cn1. The number of nitrogens with zero attached hydrogens (tertiary/aromatic N) is 3. The van der Waals surface area contributed by atoms with Gasteiger partial charge in [0.2, 0.25) is 0 Å². The zero-order chi connectivity index (χ0) is 14.1. The van der Waals surface area contributed by atoms with Gasteiger partial charge in [0.05, 0.1) is 17.9 Å². The summed E-state index contributed by atoms with van der Waals surface area (Å²) in [4.78, 5) is 14.7. The first-order chi connectivity index (χ1) is 9.66. The maximum atomic E-state index is 12.7. The predicted molar refractivity (Wildman–Crippen MR) is 75.2 cm³/mol. The quantitative estimate of drug-likeness (QED) is 0.893. The number of amides is 1. The van der Waals surface area contributed by atoms with Crippen molar-refractivity contribution in [3.63, 3.8) is 0 Å². The molecule has 3 atom stereocenters. The molecule has 2 fully saturated rings. The Balaban J connectivity index is 1.79. The van der Waals surface area contributed by atoms with E-state index in [4.69, 9.17) is 0 Å². The van der Waals surface area contributed by atoms with E-state index in [-0.39, 0.29) is 24.0 Å². The maximum Gasteiger partial charge on any atom is 0.257 e. The minimum absolute atomic E-state index is 0.0712. The van der Waals surface area contributed by atoms with Crippen molar-refractivity contribution in [2.24, 2.45) is 13.0 Å². The van der Waals surface area contributed by atoms with Gasteiger partial charge in [-0.05, 0) is 32.1 Å². The van der Waals surface area contributed by atoms with Crippen molar-refractivity contribution in [1.29, 1.82) is 0 Å². The number of likely N-dealkylation sites (tertiary alicyclic amines) is 1. The Morgan fingerprint density at radius 1 is 1.30 bits per heavy atom. The average molecular weight is 277 g/mol. The Morgan fingerprint density at radius 2 is 2.15 bits per heavy atom. The van der Waals surface area contributed by atoms with Gasteiger partial charge >= 0.3 is 0 Å². The van der Waals surface area contributed by atoms with Gasteiger partial charge in [-0.3, -0.25) is 9.48 Å². The summed E-state index contributed by atoms with van der Waals surface area (Å²) in [6.07, 6.45) is 9.43. The fourth-order valence-electron chi connectivity index (χ4n) is 3.77. The fourth-order valence-corrected chi connectivity index (χ4v) is 3.77. The highest BCUT2D eigenvalue weighted by Gasteiger charge is 2.39. The minimum Gasteiger partial charge on any atom is -0.393 e. The summed E-state index contributed by atoms with van der Waals surface area (Å²) in [5.74, 6) is 0.331. The van der Waals surface area contributed by atoms with E-state index in [1.807, 2.05) is 11.9 Å². The van der Waals surface area contributed by atoms with E-state index in [1.54, 1.807) is 17.1 Å². The number of aromatic nitrogens is 2. The molecule has 110 valence electrons. The van der Waals surface area contributed by atoms with Crippen LogP contribution in [0.15, 0.2) is 12.4 Å². The number of carbonyl (C=O) groups is 1. The Labute approximate surface area is 119 Å². The second-order valence-corrected chi connectivity index (χ2v) is 6.13. The lowest BCUT2D eigenvalue weighted by Gasteiger charge is -2.40. The lowest BCUT2D eigenvalue weighted by atomic mass is 9.87. The van der Waals surface area contributed by atoms with Crippen LogP contribution in [0.1, 0.15) is 48.9 Å². The Kier molecular flexibility index (Phi) is 3.78. The molecule has 1 aliphatic carbocycles. The summed E-state index contributed by atoms with van der Waals surface area (Å²) >= 11 is 0. The van der Waals surface area contributed by atoms with Gasteiger partial charge in [0, 0.05) is 31.7 Å². The highest BCUT2D eigenvalue weighted by Crippen LogP contribution is 2.35. The van der Waals surface area contributed by atoms with Crippen LogP contribution in [0.4, 0.5) is 0 Å². The Hall–Kier alpha value is -1.36. The molecule has 0 bridgehead atoms. The second kappa shape index (κ2) is 5.56. The van der Waals surface area contributed by atoms with Gasteiger partial charge in [0.15, 0.2) is 0 Å². The molecule has 1 aliphatic heterocycles. The van der Waals surface area contributed by atoms with Crippen LogP contribution in [-0.4, -0.2) is 44.4 Å². The monoisotopic (exact) mass is 277 g/mol. The number of rotatable bonds is 2. The van der Waals surface area contributed by atoms with Crippen molar-refractivity contribution in [3.05, 3.63) is 18.0 Å². The fraction of sp³-hybridized carbons (Fsp3) is 0.733. The highest BCUT2D eigenvalue weighted by atomic mass is 16.3. The summed E-state index contributed by atoms with van der Waals surface area (Å²) in [5, 5.41) is 14.3. The van der Waals surface area contributed by atoms with Crippen molar-refractivity contribution in [3.8, 4) is 0 Å². The van der Waals surface area contributed by atoms with Crippen molar-refractivity contribution in [2.75, 3.05) is 6.54 Å². The van der Waals surface area contributed by atoms with E-state index in [1.165, 1.54) is 0 Å². The third-order valence-corrected chi connectivity index (χ3v) is 4.79. The van der Waals surface area contributed by atoms with Crippen LogP contribution in [0.25, 0.3) is 0 Å². The van der Waals surface area contributed by atoms with Gasteiger partial charge in [0.25, 0.3) is 5.91 Å². The van der Waals surface area contributed by atoms with E-state index in [2.05, 4.69) is 5.10 Å². The molecule has 2 heterocycles. The minimum atomic E-state index is -0.234. The number of carbonyl (C=O) groups excluding carboxylic acids is 1. The molecule has 5 nitrogen and oxygen atoms in total. The molecule has 20 heavy (non-hydrogen) atoms. The normalized spacial score (nSPS) is 30.7. The number of aliphatic hydroxyl groups is 1. The van der Waals surface area contributed by atoms with Gasteiger partial charge < -0.3 is 10.0 Å². The first kappa shape index (κ1) is 13.6. The maximum absolute atomic E-state index is 12.7. The van der Waals surface area contributed by atoms with E-state index in [0.29, 0.717) is 5.56 Å². The summed E-state index contributed by atoms with van der Waals surface area (Å²) in [6.45, 7) is 0.807. The Morgan fingerprint density at radius 3 is 2.80 bits per heavy atom. The summed E-state index contributed by atoms with van der Waals surface area (Å²) in [7, 11) is 1.82. The standard InChI is InChI=1S/C15H23N3O2/c1-17-10-11(9-16-17)15(20)18-8-3-2-6-13(18)12-5-4-7-14(12)19/h9-10,12-14,19H,2-8H2,1H3. The van der Waals surface area contributed by atoms with Crippen LogP contribution < -0.4 is 0 Å². The van der Waals surface area contributed by atoms with Crippen LogP contribution in [-0.2, 0) is 7.05 Å². The van der Waals surface area contributed by atoms with Gasteiger partial charge in [-0.1, -0.05) is 6.42 Å². The number of hydrogen-bond acceptors (Lipinski definition) is 3. The van der Waals surface area contributed by atoms with Crippen LogP contribution in [0, 0.1) is 5.92 Å². The number of piperidine rings is 1. The van der Waals surface area contributed by atoms with Crippen molar-refractivity contribution >= 4 is 5.91 Å². The number of aryl methyl sites for hydroxylation is 1. The molecule has 0 radical (unpaired) electrons. The summed E-state index contributed by atoms with van der Waals surface area (Å²) < 4.78 is 1.66. The van der Waals surface area contributed by atoms with Gasteiger partial charge in [0.1, 0.15) is 0 Å². The molecule has 1 saturated carbocycles. The zero-order valence-electron chi connectivity index (χ0n) is 12.0.